The summed E-state index contributed by atoms with van der Waals surface area (Å²) >= 11 is 0. The lowest BCUT2D eigenvalue weighted by atomic mass is 10.2. The number of imide groups is 2. The Labute approximate surface area is 113 Å². The van der Waals surface area contributed by atoms with E-state index in [4.69, 9.17) is 5.84 Å². The molecule has 9 heteroatoms. The number of nitrogen functional groups attached to an aromatic ring is 1. The molecule has 1 saturated heterocycles. The van der Waals surface area contributed by atoms with Crippen molar-refractivity contribution in [3.63, 3.8) is 0 Å². The Morgan fingerprint density at radius 2 is 2.00 bits per heavy atom. The van der Waals surface area contributed by atoms with E-state index in [1.54, 1.807) is 0 Å². The highest BCUT2D eigenvalue weighted by Gasteiger charge is 2.42. The minimum atomic E-state index is -0.900. The van der Waals surface area contributed by atoms with E-state index >= 15 is 0 Å². The molecule has 1 aromatic rings. The lowest BCUT2D eigenvalue weighted by molar-refractivity contribution is -0.143. The first-order valence-electron chi connectivity index (χ1n) is 5.55. The molecule has 3 N–H and O–H groups in total. The van der Waals surface area contributed by atoms with Crippen LogP contribution in [0.2, 0.25) is 0 Å². The Morgan fingerprint density at radius 3 is 2.45 bits per heavy atom. The summed E-state index contributed by atoms with van der Waals surface area (Å²) in [6.45, 7) is -0.141. The second kappa shape index (κ2) is 5.05. The summed E-state index contributed by atoms with van der Waals surface area (Å²) in [7, 11) is 1.23. The van der Waals surface area contributed by atoms with Crippen LogP contribution in [0.4, 0.5) is 4.79 Å². The number of pyridine rings is 1. The van der Waals surface area contributed by atoms with Gasteiger partial charge in [0.2, 0.25) is 0 Å². The standard InChI is InChI=1S/C11H11N5O4/c1-15-9(18)10(19)16(11(15)20)5-7-3-2-6(4-13-7)8(17)14-12/h2-4H,5,12H2,1H3,(H,14,17). The fourth-order valence-electron chi connectivity index (χ4n) is 1.65. The van der Waals surface area contributed by atoms with Gasteiger partial charge in [-0.3, -0.25) is 29.7 Å². The van der Waals surface area contributed by atoms with Gasteiger partial charge >= 0.3 is 17.8 Å². The number of hydrogen-bond acceptors (Lipinski definition) is 6. The van der Waals surface area contributed by atoms with Crippen molar-refractivity contribution in [1.29, 1.82) is 0 Å². The third-order valence-electron chi connectivity index (χ3n) is 2.79. The van der Waals surface area contributed by atoms with Crippen molar-refractivity contribution in [3.05, 3.63) is 29.6 Å². The third-order valence-corrected chi connectivity index (χ3v) is 2.79. The van der Waals surface area contributed by atoms with Crippen molar-refractivity contribution in [2.24, 2.45) is 5.84 Å². The summed E-state index contributed by atoms with van der Waals surface area (Å²) in [6, 6.07) is 2.21. The number of carbonyl (C=O) groups excluding carboxylic acids is 4. The first kappa shape index (κ1) is 13.6. The maximum Gasteiger partial charge on any atom is 0.334 e. The summed E-state index contributed by atoms with van der Waals surface area (Å²) in [5, 5.41) is 0. The molecular weight excluding hydrogens is 266 g/mol. The highest BCUT2D eigenvalue weighted by atomic mass is 16.2. The number of likely N-dealkylation sites (N-methyl/N-ethyl adjacent to an activating group) is 1. The molecule has 0 atom stereocenters. The third kappa shape index (κ3) is 2.21. The van der Waals surface area contributed by atoms with Crippen LogP contribution in [0.5, 0.6) is 0 Å². The van der Waals surface area contributed by atoms with Crippen LogP contribution < -0.4 is 11.3 Å². The summed E-state index contributed by atoms with van der Waals surface area (Å²) in [5.41, 5.74) is 2.55. The SMILES string of the molecule is CN1C(=O)C(=O)N(Cc2ccc(C(=O)NN)cn2)C1=O. The van der Waals surface area contributed by atoms with Gasteiger partial charge in [0.1, 0.15) is 0 Å². The maximum atomic E-state index is 11.7. The molecule has 0 radical (unpaired) electrons. The number of hydrogen-bond donors (Lipinski definition) is 2. The van der Waals surface area contributed by atoms with E-state index in [0.29, 0.717) is 5.69 Å². The topological polar surface area (TPSA) is 126 Å². The van der Waals surface area contributed by atoms with E-state index in [2.05, 4.69) is 4.98 Å². The Kier molecular flexibility index (Phi) is 3.44. The number of amides is 5. The van der Waals surface area contributed by atoms with Gasteiger partial charge in [-0.05, 0) is 12.1 Å². The summed E-state index contributed by atoms with van der Waals surface area (Å²) < 4.78 is 0. The molecule has 9 nitrogen and oxygen atoms in total. The highest BCUT2D eigenvalue weighted by Crippen LogP contribution is 2.13. The lowest BCUT2D eigenvalue weighted by Crippen LogP contribution is -2.32. The van der Waals surface area contributed by atoms with Gasteiger partial charge in [-0.1, -0.05) is 0 Å². The molecule has 1 aromatic heterocycles. The molecule has 0 unspecified atom stereocenters. The first-order valence-corrected chi connectivity index (χ1v) is 5.55. The molecule has 0 saturated carbocycles. The number of urea groups is 1. The van der Waals surface area contributed by atoms with Crippen molar-refractivity contribution in [2.45, 2.75) is 6.54 Å². The summed E-state index contributed by atoms with van der Waals surface area (Å²) in [5.74, 6) is 2.69. The molecular formula is C11H11N5O4. The Bertz CT molecular complexity index is 597. The van der Waals surface area contributed by atoms with Crippen LogP contribution in [0.25, 0.3) is 0 Å². The van der Waals surface area contributed by atoms with Crippen LogP contribution in [0, 0.1) is 0 Å². The van der Waals surface area contributed by atoms with Crippen LogP contribution in [0.15, 0.2) is 18.3 Å². The second-order valence-electron chi connectivity index (χ2n) is 4.05. The van der Waals surface area contributed by atoms with Gasteiger partial charge in [-0.2, -0.15) is 0 Å². The van der Waals surface area contributed by atoms with Gasteiger partial charge in [0.05, 0.1) is 17.8 Å². The maximum absolute atomic E-state index is 11.7. The van der Waals surface area contributed by atoms with Gasteiger partial charge in [0.25, 0.3) is 5.91 Å². The molecule has 0 aromatic carbocycles. The van der Waals surface area contributed by atoms with Crippen molar-refractivity contribution >= 4 is 23.8 Å². The van der Waals surface area contributed by atoms with Gasteiger partial charge in [-0.25, -0.2) is 15.5 Å². The number of carbonyl (C=O) groups is 4. The molecule has 20 heavy (non-hydrogen) atoms. The average Bonchev–Trinajstić information content (AvgIpc) is 2.65. The summed E-state index contributed by atoms with van der Waals surface area (Å²) in [6.07, 6.45) is 1.26. The minimum Gasteiger partial charge on any atom is -0.290 e. The summed E-state index contributed by atoms with van der Waals surface area (Å²) in [4.78, 5) is 51.2. The first-order chi connectivity index (χ1) is 9.45. The normalized spacial score (nSPS) is 15.0. The van der Waals surface area contributed by atoms with Gasteiger partial charge < -0.3 is 0 Å². The van der Waals surface area contributed by atoms with E-state index in [1.807, 2.05) is 5.43 Å². The van der Waals surface area contributed by atoms with Crippen molar-refractivity contribution < 1.29 is 19.2 Å². The monoisotopic (exact) mass is 277 g/mol. The fraction of sp³-hybridized carbons (Fsp3) is 0.182. The number of hydrazine groups is 1. The molecule has 104 valence electrons. The minimum absolute atomic E-state index is 0.141. The van der Waals surface area contributed by atoms with E-state index in [-0.39, 0.29) is 12.1 Å². The zero-order chi connectivity index (χ0) is 14.9. The van der Waals surface area contributed by atoms with E-state index in [1.165, 1.54) is 25.4 Å². The number of nitrogens with one attached hydrogen (secondary N) is 1. The smallest absolute Gasteiger partial charge is 0.290 e. The van der Waals surface area contributed by atoms with E-state index in [0.717, 1.165) is 9.80 Å². The molecule has 1 aliphatic heterocycles. The van der Waals surface area contributed by atoms with Gasteiger partial charge in [0.15, 0.2) is 0 Å². The number of nitrogens with two attached hydrogens (primary N) is 1. The van der Waals surface area contributed by atoms with Gasteiger partial charge in [0, 0.05) is 13.2 Å². The van der Waals surface area contributed by atoms with E-state index in [9.17, 15) is 19.2 Å². The van der Waals surface area contributed by atoms with Crippen LogP contribution in [0.1, 0.15) is 16.1 Å². The molecule has 0 spiro atoms. The number of aromatic nitrogens is 1. The van der Waals surface area contributed by atoms with Crippen molar-refractivity contribution in [1.82, 2.24) is 20.2 Å². The molecule has 1 fully saturated rings. The van der Waals surface area contributed by atoms with Crippen molar-refractivity contribution in [3.8, 4) is 0 Å². The largest absolute Gasteiger partial charge is 0.334 e. The highest BCUT2D eigenvalue weighted by molar-refractivity contribution is 6.44. The average molecular weight is 277 g/mol. The fourth-order valence-corrected chi connectivity index (χ4v) is 1.65. The van der Waals surface area contributed by atoms with Crippen LogP contribution in [-0.2, 0) is 16.1 Å². The molecule has 5 amide bonds. The Morgan fingerprint density at radius 1 is 1.30 bits per heavy atom. The zero-order valence-electron chi connectivity index (χ0n) is 10.5. The Balaban J connectivity index is 2.15. The number of rotatable bonds is 3. The Hall–Kier alpha value is -2.81. The molecule has 1 aliphatic rings. The lowest BCUT2D eigenvalue weighted by Gasteiger charge is -2.12. The molecule has 0 bridgehead atoms. The quantitative estimate of drug-likeness (QED) is 0.230. The molecule has 0 aliphatic carbocycles. The predicted octanol–water partition coefficient (Wildman–Crippen LogP) is -1.39. The predicted molar refractivity (Wildman–Crippen MR) is 64.6 cm³/mol. The van der Waals surface area contributed by atoms with Crippen LogP contribution in [0.3, 0.4) is 0 Å². The van der Waals surface area contributed by atoms with Crippen LogP contribution in [-0.4, -0.2) is 45.6 Å². The zero-order valence-corrected chi connectivity index (χ0v) is 10.5. The van der Waals surface area contributed by atoms with Crippen LogP contribution >= 0.6 is 0 Å². The molecule has 2 rings (SSSR count). The number of nitrogens with zero attached hydrogens (tertiary/aromatic N) is 3. The van der Waals surface area contributed by atoms with Crippen molar-refractivity contribution in [2.75, 3.05) is 7.05 Å². The molecule has 2 heterocycles. The van der Waals surface area contributed by atoms with Gasteiger partial charge in [-0.15, -0.1) is 0 Å². The van der Waals surface area contributed by atoms with E-state index < -0.39 is 23.8 Å². The second-order valence-corrected chi connectivity index (χ2v) is 4.05.